The summed E-state index contributed by atoms with van der Waals surface area (Å²) in [5.41, 5.74) is 1.26. The third kappa shape index (κ3) is 4.16. The van der Waals surface area contributed by atoms with Crippen LogP contribution in [0.1, 0.15) is 24.3 Å². The van der Waals surface area contributed by atoms with E-state index in [0.717, 1.165) is 0 Å². The molecule has 1 N–H and O–H groups in total. The van der Waals surface area contributed by atoms with Crippen molar-refractivity contribution < 1.29 is 23.9 Å². The molecule has 1 saturated heterocycles. The zero-order valence-corrected chi connectivity index (χ0v) is 17.7. The maximum Gasteiger partial charge on any atom is 0.336 e. The van der Waals surface area contributed by atoms with Crippen LogP contribution in [0.4, 0.5) is 0 Å². The molecule has 1 aliphatic heterocycles. The Balaban J connectivity index is 1.72. The summed E-state index contributed by atoms with van der Waals surface area (Å²) in [7, 11) is 0. The Morgan fingerprint density at radius 2 is 1.94 bits per heavy atom. The second-order valence-electron chi connectivity index (χ2n) is 7.79. The topological polar surface area (TPSA) is 105 Å². The van der Waals surface area contributed by atoms with Crippen molar-refractivity contribution in [2.45, 2.75) is 18.8 Å². The van der Waals surface area contributed by atoms with Crippen molar-refractivity contribution in [1.82, 2.24) is 4.90 Å². The van der Waals surface area contributed by atoms with Crippen LogP contribution in [0, 0.1) is 5.92 Å². The van der Waals surface area contributed by atoms with E-state index in [1.807, 2.05) is 0 Å². The standard InChI is InChI=1S/C24H20ClNO6/c25-20-6-2-1-5-16(20)18-11-22(28)32-21-10-14(7-8-17(18)21)19(13-27)23(29)26-9-3-4-15(12-26)24(30)31/h1-2,5-8,10-11,13,15,19H,3-4,9,12H2,(H,30,31)/t15-,19-/m0/s1. The van der Waals surface area contributed by atoms with Gasteiger partial charge in [-0.3, -0.25) is 9.59 Å². The van der Waals surface area contributed by atoms with Crippen LogP contribution in [-0.4, -0.2) is 41.3 Å². The Bertz CT molecular complexity index is 1270. The Labute approximate surface area is 188 Å². The molecule has 2 aromatic carbocycles. The number of fused-ring (bicyclic) bond motifs is 1. The number of hydrogen-bond acceptors (Lipinski definition) is 5. The van der Waals surface area contributed by atoms with Crippen LogP contribution in [0.15, 0.2) is 57.7 Å². The number of likely N-dealkylation sites (tertiary alicyclic amines) is 1. The lowest BCUT2D eigenvalue weighted by Gasteiger charge is -2.32. The predicted octanol–water partition coefficient (Wildman–Crippen LogP) is 3.72. The molecule has 1 aliphatic rings. The summed E-state index contributed by atoms with van der Waals surface area (Å²) in [6, 6.07) is 13.3. The van der Waals surface area contributed by atoms with Crippen LogP contribution >= 0.6 is 11.6 Å². The smallest absolute Gasteiger partial charge is 0.336 e. The largest absolute Gasteiger partial charge is 0.481 e. The van der Waals surface area contributed by atoms with Crippen LogP contribution in [0.25, 0.3) is 22.1 Å². The van der Waals surface area contributed by atoms with Gasteiger partial charge in [-0.1, -0.05) is 41.9 Å². The van der Waals surface area contributed by atoms with E-state index in [-0.39, 0.29) is 12.1 Å². The third-order valence-electron chi connectivity index (χ3n) is 5.78. The zero-order chi connectivity index (χ0) is 22.8. The quantitative estimate of drug-likeness (QED) is 0.358. The second kappa shape index (κ2) is 8.96. The maximum absolute atomic E-state index is 13.0. The van der Waals surface area contributed by atoms with E-state index < -0.39 is 29.3 Å². The minimum atomic E-state index is -1.12. The number of rotatable bonds is 5. The lowest BCUT2D eigenvalue weighted by atomic mass is 9.93. The van der Waals surface area contributed by atoms with Crippen molar-refractivity contribution in [3.05, 3.63) is 69.5 Å². The van der Waals surface area contributed by atoms with Crippen LogP contribution < -0.4 is 5.63 Å². The first-order valence-corrected chi connectivity index (χ1v) is 10.6. The molecular weight excluding hydrogens is 434 g/mol. The minimum absolute atomic E-state index is 0.0673. The molecule has 1 fully saturated rings. The van der Waals surface area contributed by atoms with Crippen molar-refractivity contribution in [3.8, 4) is 11.1 Å². The lowest BCUT2D eigenvalue weighted by molar-refractivity contribution is -0.146. The van der Waals surface area contributed by atoms with Gasteiger partial charge >= 0.3 is 11.6 Å². The van der Waals surface area contributed by atoms with Crippen molar-refractivity contribution in [2.75, 3.05) is 13.1 Å². The van der Waals surface area contributed by atoms with Gasteiger partial charge in [0.25, 0.3) is 0 Å². The minimum Gasteiger partial charge on any atom is -0.481 e. The van der Waals surface area contributed by atoms with E-state index in [1.165, 1.54) is 17.0 Å². The highest BCUT2D eigenvalue weighted by atomic mass is 35.5. The molecule has 2 heterocycles. The number of hydrogen-bond donors (Lipinski definition) is 1. The molecule has 1 aromatic heterocycles. The number of carbonyl (C=O) groups excluding carboxylic acids is 2. The Morgan fingerprint density at radius 1 is 1.16 bits per heavy atom. The highest BCUT2D eigenvalue weighted by molar-refractivity contribution is 6.33. The van der Waals surface area contributed by atoms with Gasteiger partial charge in [0.2, 0.25) is 5.91 Å². The molecule has 0 saturated carbocycles. The van der Waals surface area contributed by atoms with Crippen LogP contribution in [0.2, 0.25) is 5.02 Å². The number of piperidine rings is 1. The average Bonchev–Trinajstić information content (AvgIpc) is 2.79. The monoisotopic (exact) mass is 453 g/mol. The Hall–Kier alpha value is -3.45. The Kier molecular flexibility index (Phi) is 6.10. The molecule has 0 bridgehead atoms. The number of nitrogens with zero attached hydrogens (tertiary/aromatic N) is 1. The van der Waals surface area contributed by atoms with Gasteiger partial charge in [-0.25, -0.2) is 4.79 Å². The van der Waals surface area contributed by atoms with E-state index in [1.54, 1.807) is 36.4 Å². The summed E-state index contributed by atoms with van der Waals surface area (Å²) < 4.78 is 5.36. The number of aliphatic carboxylic acids is 1. The first-order chi connectivity index (χ1) is 15.4. The molecule has 0 radical (unpaired) electrons. The van der Waals surface area contributed by atoms with E-state index in [2.05, 4.69) is 0 Å². The molecule has 0 aliphatic carbocycles. The maximum atomic E-state index is 13.0. The summed E-state index contributed by atoms with van der Waals surface area (Å²) in [6.45, 7) is 0.462. The van der Waals surface area contributed by atoms with Crippen LogP contribution in [-0.2, 0) is 14.4 Å². The van der Waals surface area contributed by atoms with Gasteiger partial charge < -0.3 is 19.2 Å². The van der Waals surface area contributed by atoms with Crippen LogP contribution in [0.5, 0.6) is 0 Å². The zero-order valence-electron chi connectivity index (χ0n) is 17.0. The Morgan fingerprint density at radius 3 is 2.66 bits per heavy atom. The highest BCUT2D eigenvalue weighted by Gasteiger charge is 2.32. The number of carbonyl (C=O) groups is 3. The average molecular weight is 454 g/mol. The van der Waals surface area contributed by atoms with Gasteiger partial charge in [0.15, 0.2) is 0 Å². The fourth-order valence-electron chi connectivity index (χ4n) is 4.13. The number of benzene rings is 2. The van der Waals surface area contributed by atoms with Gasteiger partial charge in [-0.2, -0.15) is 0 Å². The summed E-state index contributed by atoms with van der Waals surface area (Å²) in [5, 5.41) is 10.4. The molecule has 2 atom stereocenters. The number of carboxylic acid groups (broad SMARTS) is 1. The molecule has 32 heavy (non-hydrogen) atoms. The fourth-order valence-corrected chi connectivity index (χ4v) is 4.37. The van der Waals surface area contributed by atoms with Gasteiger partial charge in [0.1, 0.15) is 17.8 Å². The van der Waals surface area contributed by atoms with E-state index >= 15 is 0 Å². The molecule has 0 spiro atoms. The lowest BCUT2D eigenvalue weighted by Crippen LogP contribution is -2.44. The predicted molar refractivity (Wildman–Crippen MR) is 119 cm³/mol. The highest BCUT2D eigenvalue weighted by Crippen LogP contribution is 2.34. The third-order valence-corrected chi connectivity index (χ3v) is 6.11. The SMILES string of the molecule is O=C[C@H](C(=O)N1CCC[C@H](C(=O)O)C1)c1ccc2c(-c3ccccc3Cl)cc(=O)oc2c1. The van der Waals surface area contributed by atoms with Gasteiger partial charge in [0, 0.05) is 40.7 Å². The molecule has 7 nitrogen and oxygen atoms in total. The van der Waals surface area contributed by atoms with Crippen molar-refractivity contribution >= 4 is 40.7 Å². The number of carboxylic acids is 1. The molecule has 164 valence electrons. The summed E-state index contributed by atoms with van der Waals surface area (Å²) in [6.07, 6.45) is 1.59. The van der Waals surface area contributed by atoms with E-state index in [4.69, 9.17) is 16.0 Å². The van der Waals surface area contributed by atoms with Crippen molar-refractivity contribution in [3.63, 3.8) is 0 Å². The van der Waals surface area contributed by atoms with Crippen molar-refractivity contribution in [1.29, 1.82) is 0 Å². The molecule has 1 amide bonds. The van der Waals surface area contributed by atoms with E-state index in [9.17, 15) is 24.3 Å². The summed E-state index contributed by atoms with van der Waals surface area (Å²) >= 11 is 6.31. The van der Waals surface area contributed by atoms with Gasteiger partial charge in [0.05, 0.1) is 5.92 Å². The fraction of sp³-hybridized carbons (Fsp3) is 0.250. The molecule has 3 aromatic rings. The summed E-state index contributed by atoms with van der Waals surface area (Å²) in [5.74, 6) is -3.19. The number of aldehydes is 1. The van der Waals surface area contributed by atoms with Gasteiger partial charge in [-0.05, 0) is 30.5 Å². The van der Waals surface area contributed by atoms with Gasteiger partial charge in [-0.15, -0.1) is 0 Å². The van der Waals surface area contributed by atoms with Crippen LogP contribution in [0.3, 0.4) is 0 Å². The normalized spacial score (nSPS) is 17.2. The number of amides is 1. The molecule has 8 heteroatoms. The van der Waals surface area contributed by atoms with Crippen molar-refractivity contribution in [2.24, 2.45) is 5.92 Å². The first-order valence-electron chi connectivity index (χ1n) is 10.2. The number of halogens is 1. The molecule has 4 rings (SSSR count). The van der Waals surface area contributed by atoms with E-state index in [0.29, 0.717) is 52.8 Å². The summed E-state index contributed by atoms with van der Waals surface area (Å²) in [4.78, 5) is 49.8. The molecule has 0 unspecified atom stereocenters. The molecular formula is C24H20ClNO6. The second-order valence-corrected chi connectivity index (χ2v) is 8.20. The first kappa shape index (κ1) is 21.8.